The van der Waals surface area contributed by atoms with Gasteiger partial charge in [0.2, 0.25) is 0 Å². The van der Waals surface area contributed by atoms with E-state index in [1.54, 1.807) is 0 Å². The molecule has 0 saturated carbocycles. The molecule has 0 atom stereocenters. The summed E-state index contributed by atoms with van der Waals surface area (Å²) in [6, 6.07) is 164. The second-order valence-electron chi connectivity index (χ2n) is 45.1. The van der Waals surface area contributed by atoms with Crippen LogP contribution in [-0.2, 0) is 27.1 Å². The van der Waals surface area contributed by atoms with Crippen molar-refractivity contribution in [3.8, 4) is 162 Å². The summed E-state index contributed by atoms with van der Waals surface area (Å²) in [4.78, 5) is 10.2. The number of benzene rings is 22. The second-order valence-corrected chi connectivity index (χ2v) is 45.1. The van der Waals surface area contributed by atoms with Gasteiger partial charge in [-0.3, -0.25) is 0 Å². The summed E-state index contributed by atoms with van der Waals surface area (Å²) >= 11 is 0. The van der Waals surface area contributed by atoms with Gasteiger partial charge in [0, 0.05) is 38.6 Å². The Morgan fingerprint density at radius 2 is 0.603 bits per heavy atom. The van der Waals surface area contributed by atoms with Crippen LogP contribution in [0.2, 0.25) is 0 Å². The van der Waals surface area contributed by atoms with Crippen LogP contribution in [0.15, 0.2) is 443 Å². The van der Waals surface area contributed by atoms with Crippen molar-refractivity contribution in [3.63, 3.8) is 0 Å². The van der Waals surface area contributed by atoms with Crippen LogP contribution in [0.25, 0.3) is 248 Å². The SMILES string of the molecule is CC(C)(C)c1ccc2c(-c3ccc4c(c3)-c3cccc5c(-c6c(C(C)(C)C)ccc7cc(C(C)(C)C)ccc67)ccc-4c35)c(C(C)(C)C)ccc2c1.CC1(C)c2ccccc2-c2ccc(-c3ccc4cc(-c5cccc(-c6ccc7c8c(cccc68)-c6ccccc6-7)c5)ccc4c3)cc21.c1ccc(-c2cc(-c3cccc4ccccc34)nc(-c3ccc(-c4ccc(-n5c6ccccc6c6ccccc65)cc4)cc3)n2)cc1. The lowest BCUT2D eigenvalue weighted by atomic mass is 9.77. The topological polar surface area (TPSA) is 30.7 Å². The Balaban J connectivity index is 0.000000114. The summed E-state index contributed by atoms with van der Waals surface area (Å²) in [6.07, 6.45) is 0. The Morgan fingerprint density at radius 3 is 1.23 bits per heavy atom. The minimum atomic E-state index is -0.0102. The molecule has 0 spiro atoms. The number of para-hydroxylation sites is 2. The molecule has 146 heavy (non-hydrogen) atoms. The first-order valence-electron chi connectivity index (χ1n) is 51.7. The van der Waals surface area contributed by atoms with E-state index in [0.29, 0.717) is 5.82 Å². The smallest absolute Gasteiger partial charge is 0.160 e. The van der Waals surface area contributed by atoms with E-state index in [-0.39, 0.29) is 27.1 Å². The Hall–Kier alpha value is -16.7. The van der Waals surface area contributed by atoms with Gasteiger partial charge in [-0.2, -0.15) is 0 Å². The molecule has 2 aromatic heterocycles. The Labute approximate surface area is 857 Å². The molecule has 0 N–H and O–H groups in total. The molecule has 3 nitrogen and oxygen atoms in total. The molecule has 0 radical (unpaired) electrons. The molecular formula is C143H115N3. The minimum absolute atomic E-state index is 0.0000204. The van der Waals surface area contributed by atoms with E-state index in [4.69, 9.17) is 9.97 Å². The van der Waals surface area contributed by atoms with Crippen LogP contribution in [-0.4, -0.2) is 14.5 Å². The molecule has 3 aliphatic rings. The predicted molar refractivity (Wildman–Crippen MR) is 624 cm³/mol. The third-order valence-electron chi connectivity index (χ3n) is 31.4. The second kappa shape index (κ2) is 34.8. The fourth-order valence-corrected chi connectivity index (χ4v) is 23.8. The summed E-state index contributed by atoms with van der Waals surface area (Å²) < 4.78 is 2.35. The van der Waals surface area contributed by atoms with Crippen molar-refractivity contribution in [2.45, 2.75) is 124 Å². The minimum Gasteiger partial charge on any atom is -0.309 e. The summed E-state index contributed by atoms with van der Waals surface area (Å²) in [6.45, 7) is 32.6. The molecule has 0 bridgehead atoms. The maximum atomic E-state index is 5.13. The van der Waals surface area contributed by atoms with Gasteiger partial charge >= 0.3 is 0 Å². The van der Waals surface area contributed by atoms with Crippen molar-refractivity contribution in [1.29, 1.82) is 0 Å². The molecule has 0 saturated heterocycles. The van der Waals surface area contributed by atoms with Crippen molar-refractivity contribution in [3.05, 3.63) is 476 Å². The zero-order valence-corrected chi connectivity index (χ0v) is 85.5. The quantitative estimate of drug-likeness (QED) is 0.137. The van der Waals surface area contributed by atoms with Crippen LogP contribution in [0.5, 0.6) is 0 Å². The molecule has 3 heteroatoms. The van der Waals surface area contributed by atoms with Crippen LogP contribution in [0.3, 0.4) is 0 Å². The molecule has 2 heterocycles. The van der Waals surface area contributed by atoms with Gasteiger partial charge in [-0.1, -0.05) is 479 Å². The first-order valence-corrected chi connectivity index (χ1v) is 51.7. The number of aromatic nitrogens is 3. The zero-order valence-electron chi connectivity index (χ0n) is 85.5. The molecule has 0 unspecified atom stereocenters. The molecule has 0 amide bonds. The molecule has 3 aliphatic carbocycles. The van der Waals surface area contributed by atoms with Crippen molar-refractivity contribution in [1.82, 2.24) is 14.5 Å². The van der Waals surface area contributed by atoms with E-state index in [9.17, 15) is 0 Å². The van der Waals surface area contributed by atoms with Gasteiger partial charge in [0.05, 0.1) is 22.4 Å². The van der Waals surface area contributed by atoms with Gasteiger partial charge in [0.25, 0.3) is 0 Å². The van der Waals surface area contributed by atoms with Crippen LogP contribution in [0, 0.1) is 0 Å². The maximum Gasteiger partial charge on any atom is 0.160 e. The van der Waals surface area contributed by atoms with Gasteiger partial charge in [-0.05, 0) is 303 Å². The van der Waals surface area contributed by atoms with E-state index in [2.05, 4.69) is 538 Å². The van der Waals surface area contributed by atoms with Gasteiger partial charge in [0.1, 0.15) is 0 Å². The number of rotatable bonds is 10. The fraction of sp³-hybridized carbons (Fsp3) is 0.133. The summed E-state index contributed by atoms with van der Waals surface area (Å²) in [5.74, 6) is 0.711. The molecule has 0 fully saturated rings. The Bertz CT molecular complexity index is 9370. The van der Waals surface area contributed by atoms with Crippen molar-refractivity contribution in [2.24, 2.45) is 0 Å². The first kappa shape index (κ1) is 90.5. The number of hydrogen-bond acceptors (Lipinski definition) is 2. The fourth-order valence-electron chi connectivity index (χ4n) is 23.8. The van der Waals surface area contributed by atoms with Crippen LogP contribution >= 0.6 is 0 Å². The predicted octanol–water partition coefficient (Wildman–Crippen LogP) is 39.7. The largest absolute Gasteiger partial charge is 0.309 e. The normalized spacial score (nSPS) is 12.8. The van der Waals surface area contributed by atoms with Gasteiger partial charge < -0.3 is 4.57 Å². The highest BCUT2D eigenvalue weighted by molar-refractivity contribution is 6.22. The molecule has 27 rings (SSSR count). The summed E-state index contributed by atoms with van der Waals surface area (Å²) in [7, 11) is 0. The number of fused-ring (bicyclic) bond motifs is 16. The van der Waals surface area contributed by atoms with E-state index >= 15 is 0 Å². The van der Waals surface area contributed by atoms with Gasteiger partial charge in [-0.15, -0.1) is 0 Å². The average Bonchev–Trinajstić information content (AvgIpc) is 1.52. The van der Waals surface area contributed by atoms with E-state index in [1.165, 1.54) is 231 Å². The third-order valence-corrected chi connectivity index (χ3v) is 31.4. The lowest BCUT2D eigenvalue weighted by molar-refractivity contribution is 0.590. The highest BCUT2D eigenvalue weighted by Crippen LogP contribution is 2.56. The first-order chi connectivity index (χ1) is 70.7. The van der Waals surface area contributed by atoms with Crippen molar-refractivity contribution >= 4 is 86.4 Å². The highest BCUT2D eigenvalue weighted by atomic mass is 15.0. The van der Waals surface area contributed by atoms with Crippen molar-refractivity contribution in [2.75, 3.05) is 0 Å². The Morgan fingerprint density at radius 1 is 0.199 bits per heavy atom. The van der Waals surface area contributed by atoms with Gasteiger partial charge in [-0.25, -0.2) is 9.97 Å². The lowest BCUT2D eigenvalue weighted by Crippen LogP contribution is -2.14. The van der Waals surface area contributed by atoms with Crippen LogP contribution < -0.4 is 0 Å². The molecular weight excluding hydrogens is 1760 g/mol. The van der Waals surface area contributed by atoms with E-state index < -0.39 is 0 Å². The lowest BCUT2D eigenvalue weighted by Gasteiger charge is -2.26. The molecule has 0 aliphatic heterocycles. The van der Waals surface area contributed by atoms with E-state index in [1.807, 2.05) is 6.07 Å². The monoisotopic (exact) mass is 1870 g/mol. The van der Waals surface area contributed by atoms with Crippen LogP contribution in [0.4, 0.5) is 0 Å². The Kier molecular flexibility index (Phi) is 21.6. The van der Waals surface area contributed by atoms with Crippen LogP contribution in [0.1, 0.15) is 130 Å². The summed E-state index contributed by atoms with van der Waals surface area (Å²) in [5.41, 5.74) is 45.7. The number of hydrogen-bond donors (Lipinski definition) is 0. The standard InChI is InChI=1S/C52H54.C47H32.C44H29N3/c1-49(2,3)34-19-22-36-31(28-34)17-26-44(51(7,8)9)46(36)33-16-21-38-41-24-25-42(39-14-13-15-40(47(39)41)43(38)30-33)48-37-23-20-35(50(4,5)6)29-32(37)18-27-45(48)52(10,11)12;1-47(2)44-16-6-5-13-39(44)40-22-21-34(28-45(40)47)33-20-19-31-25-30(17-18-32(31)26-33)29-9-7-10-35(27-29)36-23-24-43-38-12-4-3-11-37(38)42-15-8-14-41(36)46(42)43;1-2-12-33(13-3-1)40-29-41(37-18-10-14-32-11-4-5-15-36(32)37)46-44(45-40)34-23-21-30(22-24-34)31-25-27-35(28-26-31)47-42-19-8-6-16-38(42)39-17-7-9-20-43(39)47/h13-30H,1-12H3;3-28H,1-2H3;1-29H. The van der Waals surface area contributed by atoms with Gasteiger partial charge in [0.15, 0.2) is 5.82 Å². The molecule has 22 aromatic carbocycles. The third kappa shape index (κ3) is 15.6. The number of nitrogens with zero attached hydrogens (tertiary/aromatic N) is 3. The zero-order chi connectivity index (χ0) is 99.6. The highest BCUT2D eigenvalue weighted by Gasteiger charge is 2.37. The van der Waals surface area contributed by atoms with E-state index in [0.717, 1.165) is 44.9 Å². The average molecular weight is 1880 g/mol. The molecule has 702 valence electrons. The molecule has 24 aromatic rings. The van der Waals surface area contributed by atoms with Crippen molar-refractivity contribution < 1.29 is 0 Å². The maximum absolute atomic E-state index is 5.13. The summed E-state index contributed by atoms with van der Waals surface area (Å²) in [5, 5.41) is 18.1.